The van der Waals surface area contributed by atoms with Crippen LogP contribution in [0.2, 0.25) is 0 Å². The zero-order chi connectivity index (χ0) is 16.2. The molecule has 0 fully saturated rings. The smallest absolute Gasteiger partial charge is 0.0687 e. The Morgan fingerprint density at radius 3 is 2.48 bits per heavy atom. The Balaban J connectivity index is 1.61. The Morgan fingerprint density at radius 2 is 1.70 bits per heavy atom. The zero-order valence-corrected chi connectivity index (χ0v) is 14.0. The summed E-state index contributed by atoms with van der Waals surface area (Å²) >= 11 is 0. The van der Waals surface area contributed by atoms with E-state index in [2.05, 4.69) is 85.6 Å². The summed E-state index contributed by atoms with van der Waals surface area (Å²) in [5.74, 6) is 0. The zero-order valence-electron chi connectivity index (χ0n) is 14.0. The van der Waals surface area contributed by atoms with E-state index in [0.717, 1.165) is 24.3 Å². The fourth-order valence-corrected chi connectivity index (χ4v) is 2.71. The lowest BCUT2D eigenvalue weighted by molar-refractivity contribution is 1.20. The lowest BCUT2D eigenvalue weighted by Crippen LogP contribution is -2.04. The van der Waals surface area contributed by atoms with E-state index in [4.69, 9.17) is 0 Å². The number of nitrogens with zero attached hydrogens (tertiary/aromatic N) is 2. The van der Waals surface area contributed by atoms with Gasteiger partial charge in [-0.15, -0.1) is 0 Å². The molecule has 0 aromatic heterocycles. The lowest BCUT2D eigenvalue weighted by atomic mass is 10.00. The first-order valence-corrected chi connectivity index (χ1v) is 8.04. The second kappa shape index (κ2) is 6.74. The van der Waals surface area contributed by atoms with Gasteiger partial charge in [-0.05, 0) is 54.7 Å². The van der Waals surface area contributed by atoms with Gasteiger partial charge in [0.05, 0.1) is 11.4 Å². The summed E-state index contributed by atoms with van der Waals surface area (Å²) in [7, 11) is 0. The van der Waals surface area contributed by atoms with Crippen LogP contribution in [0.4, 0.5) is 0 Å². The molecule has 2 heteroatoms. The van der Waals surface area contributed by atoms with E-state index in [1.807, 2.05) is 0 Å². The van der Waals surface area contributed by atoms with Crippen molar-refractivity contribution in [2.75, 3.05) is 0 Å². The third-order valence-electron chi connectivity index (χ3n) is 4.33. The lowest BCUT2D eigenvalue weighted by Gasteiger charge is -2.05. The molecule has 116 valence electrons. The summed E-state index contributed by atoms with van der Waals surface area (Å²) in [5, 5.41) is 8.67. The summed E-state index contributed by atoms with van der Waals surface area (Å²) in [6.07, 6.45) is 5.93. The summed E-state index contributed by atoms with van der Waals surface area (Å²) in [5.41, 5.74) is 8.66. The van der Waals surface area contributed by atoms with E-state index in [0.29, 0.717) is 0 Å². The standard InChI is InChI=1S/C21H22N2/c1-15-8-9-18(12-17(15)3)13-21-14-20(22-23-21)11-10-19-7-5-4-6-16(19)2/h4-12H,13-14H2,1-3H3/b11-10+. The molecule has 1 aliphatic rings. The molecule has 0 radical (unpaired) electrons. The summed E-state index contributed by atoms with van der Waals surface area (Å²) < 4.78 is 0. The molecule has 3 rings (SSSR count). The van der Waals surface area contributed by atoms with Gasteiger partial charge in [0.15, 0.2) is 0 Å². The Bertz CT molecular complexity index is 810. The van der Waals surface area contributed by atoms with Gasteiger partial charge in [0.25, 0.3) is 0 Å². The van der Waals surface area contributed by atoms with Crippen LogP contribution in [-0.2, 0) is 6.42 Å². The first-order chi connectivity index (χ1) is 11.1. The van der Waals surface area contributed by atoms with Crippen molar-refractivity contribution in [2.45, 2.75) is 33.6 Å². The van der Waals surface area contributed by atoms with Gasteiger partial charge in [-0.25, -0.2) is 0 Å². The minimum atomic E-state index is 0.843. The Kier molecular flexibility index (Phi) is 4.52. The van der Waals surface area contributed by atoms with Crippen LogP contribution in [0.5, 0.6) is 0 Å². The van der Waals surface area contributed by atoms with Crippen LogP contribution in [-0.4, -0.2) is 11.4 Å². The molecule has 0 unspecified atom stereocenters. The van der Waals surface area contributed by atoms with Crippen molar-refractivity contribution in [2.24, 2.45) is 10.2 Å². The highest BCUT2D eigenvalue weighted by Crippen LogP contribution is 2.15. The van der Waals surface area contributed by atoms with Gasteiger partial charge >= 0.3 is 0 Å². The second-order valence-electron chi connectivity index (χ2n) is 6.22. The highest BCUT2D eigenvalue weighted by Gasteiger charge is 2.11. The predicted molar refractivity (Wildman–Crippen MR) is 99.3 cm³/mol. The molecular weight excluding hydrogens is 280 g/mol. The molecule has 2 nitrogen and oxygen atoms in total. The average molecular weight is 302 g/mol. The Hall–Kier alpha value is -2.48. The van der Waals surface area contributed by atoms with E-state index in [1.165, 1.54) is 27.8 Å². The molecule has 2 aromatic carbocycles. The summed E-state index contributed by atoms with van der Waals surface area (Å²) in [4.78, 5) is 0. The van der Waals surface area contributed by atoms with Gasteiger partial charge < -0.3 is 0 Å². The normalized spacial score (nSPS) is 14.2. The first-order valence-electron chi connectivity index (χ1n) is 8.04. The quantitative estimate of drug-likeness (QED) is 0.753. The first kappa shape index (κ1) is 15.4. The molecule has 1 aliphatic heterocycles. The predicted octanol–water partition coefficient (Wildman–Crippen LogP) is 5.07. The third kappa shape index (κ3) is 3.84. The van der Waals surface area contributed by atoms with Crippen molar-refractivity contribution in [3.63, 3.8) is 0 Å². The third-order valence-corrected chi connectivity index (χ3v) is 4.33. The molecule has 0 atom stereocenters. The molecule has 2 aromatic rings. The Morgan fingerprint density at radius 1 is 0.870 bits per heavy atom. The molecule has 23 heavy (non-hydrogen) atoms. The highest BCUT2D eigenvalue weighted by molar-refractivity contribution is 6.14. The number of rotatable bonds is 4. The van der Waals surface area contributed by atoms with Crippen LogP contribution in [0.3, 0.4) is 0 Å². The molecule has 0 aliphatic carbocycles. The number of allylic oxidation sites excluding steroid dienone is 1. The monoisotopic (exact) mass is 302 g/mol. The minimum absolute atomic E-state index is 0.843. The van der Waals surface area contributed by atoms with E-state index >= 15 is 0 Å². The van der Waals surface area contributed by atoms with Crippen molar-refractivity contribution in [1.82, 2.24) is 0 Å². The highest BCUT2D eigenvalue weighted by atomic mass is 15.2. The van der Waals surface area contributed by atoms with Crippen LogP contribution in [0.1, 0.15) is 34.2 Å². The van der Waals surface area contributed by atoms with E-state index in [-0.39, 0.29) is 0 Å². The van der Waals surface area contributed by atoms with Crippen molar-refractivity contribution in [3.8, 4) is 0 Å². The summed E-state index contributed by atoms with van der Waals surface area (Å²) in [6.45, 7) is 6.42. The van der Waals surface area contributed by atoms with Crippen molar-refractivity contribution >= 4 is 17.5 Å². The fraction of sp³-hybridized carbons (Fsp3) is 0.238. The molecule has 0 saturated heterocycles. The molecule has 0 spiro atoms. The van der Waals surface area contributed by atoms with Crippen molar-refractivity contribution < 1.29 is 0 Å². The van der Waals surface area contributed by atoms with Crippen LogP contribution in [0, 0.1) is 20.8 Å². The number of hydrogen-bond acceptors (Lipinski definition) is 2. The molecule has 0 N–H and O–H groups in total. The molecular formula is C21H22N2. The minimum Gasteiger partial charge on any atom is -0.159 e. The van der Waals surface area contributed by atoms with E-state index < -0.39 is 0 Å². The van der Waals surface area contributed by atoms with Crippen molar-refractivity contribution in [1.29, 1.82) is 0 Å². The average Bonchev–Trinajstić information content (AvgIpc) is 2.98. The molecule has 0 saturated carbocycles. The molecule has 0 amide bonds. The van der Waals surface area contributed by atoms with Crippen LogP contribution >= 0.6 is 0 Å². The van der Waals surface area contributed by atoms with Crippen LogP contribution in [0.15, 0.2) is 58.7 Å². The van der Waals surface area contributed by atoms with Gasteiger partial charge in [-0.2, -0.15) is 10.2 Å². The van der Waals surface area contributed by atoms with Crippen LogP contribution < -0.4 is 0 Å². The number of aryl methyl sites for hydroxylation is 3. The molecule has 0 bridgehead atoms. The Labute approximate surface area is 138 Å². The van der Waals surface area contributed by atoms with Gasteiger partial charge in [0, 0.05) is 12.8 Å². The van der Waals surface area contributed by atoms with Crippen molar-refractivity contribution in [3.05, 3.63) is 76.4 Å². The second-order valence-corrected chi connectivity index (χ2v) is 6.22. The maximum absolute atomic E-state index is 4.35. The van der Waals surface area contributed by atoms with E-state index in [9.17, 15) is 0 Å². The molecule has 1 heterocycles. The topological polar surface area (TPSA) is 24.7 Å². The fourth-order valence-electron chi connectivity index (χ4n) is 2.71. The van der Waals surface area contributed by atoms with Gasteiger partial charge in [0.1, 0.15) is 0 Å². The van der Waals surface area contributed by atoms with Gasteiger partial charge in [-0.3, -0.25) is 0 Å². The van der Waals surface area contributed by atoms with Gasteiger partial charge in [-0.1, -0.05) is 48.5 Å². The van der Waals surface area contributed by atoms with E-state index in [1.54, 1.807) is 0 Å². The van der Waals surface area contributed by atoms with Crippen LogP contribution in [0.25, 0.3) is 6.08 Å². The number of hydrogen-bond donors (Lipinski definition) is 0. The summed E-state index contributed by atoms with van der Waals surface area (Å²) in [6, 6.07) is 15.0. The maximum Gasteiger partial charge on any atom is 0.0687 e. The maximum atomic E-state index is 4.35. The van der Waals surface area contributed by atoms with Gasteiger partial charge in [0.2, 0.25) is 0 Å². The number of benzene rings is 2. The largest absolute Gasteiger partial charge is 0.159 e. The SMILES string of the molecule is Cc1ccc(CC2=NN=C(/C=C/c3ccccc3C)C2)cc1C.